The first kappa shape index (κ1) is 28.3. The maximum atomic E-state index is 13.8. The van der Waals surface area contributed by atoms with Gasteiger partial charge in [0.2, 0.25) is 0 Å². The molecule has 2 aromatic heterocycles. The van der Waals surface area contributed by atoms with E-state index in [0.29, 0.717) is 16.9 Å². The smallest absolute Gasteiger partial charge is 0.459 e. The van der Waals surface area contributed by atoms with E-state index in [4.69, 9.17) is 35.9 Å². The largest absolute Gasteiger partial charge is 0.462 e. The van der Waals surface area contributed by atoms with Crippen molar-refractivity contribution < 1.29 is 33.0 Å². The number of aromatic nitrogens is 3. The molecule has 6 atom stereocenters. The molecule has 1 aromatic carbocycles. The third-order valence-electron chi connectivity index (χ3n) is 5.94. The van der Waals surface area contributed by atoms with Gasteiger partial charge in [0.05, 0.1) is 18.1 Å². The molecule has 0 amide bonds. The number of esters is 1. The van der Waals surface area contributed by atoms with Crippen LogP contribution in [0.4, 0.5) is 5.82 Å². The molecule has 1 saturated heterocycles. The van der Waals surface area contributed by atoms with Crippen molar-refractivity contribution in [1.29, 1.82) is 0 Å². The first-order valence-corrected chi connectivity index (χ1v) is 13.9. The number of nitrogens with zero attached hydrogens (tertiary/aromatic N) is 3. The SMILES string of the molecule is CC(C)OC(=O)[C@@H](C)N[P@@](=O)(OC[C@H]1OC(n2ccc3c(N)ncnc32)[C@](C)(Cl)[C@@H]1O)Oc1ccccc1. The summed E-state index contributed by atoms with van der Waals surface area (Å²) in [5, 5.41) is 14.2. The highest BCUT2D eigenvalue weighted by Gasteiger charge is 2.54. The quantitative estimate of drug-likeness (QED) is 0.187. The van der Waals surface area contributed by atoms with Crippen LogP contribution in [0.25, 0.3) is 11.0 Å². The summed E-state index contributed by atoms with van der Waals surface area (Å²) in [4.78, 5) is 19.3. The van der Waals surface area contributed by atoms with E-state index in [1.165, 1.54) is 13.3 Å². The number of nitrogens with two attached hydrogens (primary N) is 1. The van der Waals surface area contributed by atoms with Gasteiger partial charge in [-0.05, 0) is 45.9 Å². The maximum Gasteiger partial charge on any atom is 0.459 e. The van der Waals surface area contributed by atoms with Crippen LogP contribution in [0.1, 0.15) is 33.9 Å². The summed E-state index contributed by atoms with van der Waals surface area (Å²) in [6.45, 7) is 6.12. The maximum absolute atomic E-state index is 13.8. The zero-order valence-electron chi connectivity index (χ0n) is 21.4. The first-order valence-electron chi connectivity index (χ1n) is 12.0. The fraction of sp³-hybridized carbons (Fsp3) is 0.458. The van der Waals surface area contributed by atoms with Crippen LogP contribution in [0.15, 0.2) is 48.9 Å². The van der Waals surface area contributed by atoms with Crippen LogP contribution in [-0.4, -0.2) is 61.4 Å². The Kier molecular flexibility index (Phi) is 8.32. The first-order chi connectivity index (χ1) is 17.9. The molecular weight excluding hydrogens is 537 g/mol. The molecular formula is C24H31ClN5O7P. The average Bonchev–Trinajstić information content (AvgIpc) is 3.37. The second-order valence-electron chi connectivity index (χ2n) is 9.38. The summed E-state index contributed by atoms with van der Waals surface area (Å²) in [7, 11) is -4.17. The number of alkyl halides is 1. The predicted molar refractivity (Wildman–Crippen MR) is 141 cm³/mol. The molecule has 4 N–H and O–H groups in total. The van der Waals surface area contributed by atoms with Crippen molar-refractivity contribution in [3.05, 3.63) is 48.9 Å². The minimum absolute atomic E-state index is 0.247. The predicted octanol–water partition coefficient (Wildman–Crippen LogP) is 3.40. The number of aliphatic hydroxyl groups excluding tert-OH is 1. The molecule has 38 heavy (non-hydrogen) atoms. The van der Waals surface area contributed by atoms with Gasteiger partial charge in [-0.2, -0.15) is 5.09 Å². The number of benzene rings is 1. The lowest BCUT2D eigenvalue weighted by Gasteiger charge is -2.27. The van der Waals surface area contributed by atoms with E-state index in [0.717, 1.165) is 0 Å². The number of hydrogen-bond donors (Lipinski definition) is 3. The van der Waals surface area contributed by atoms with Crippen molar-refractivity contribution in [3.63, 3.8) is 0 Å². The van der Waals surface area contributed by atoms with E-state index >= 15 is 0 Å². The van der Waals surface area contributed by atoms with Gasteiger partial charge in [0.25, 0.3) is 0 Å². The Morgan fingerprint density at radius 2 is 2.00 bits per heavy atom. The summed E-state index contributed by atoms with van der Waals surface area (Å²) in [5.41, 5.74) is 6.42. The van der Waals surface area contributed by atoms with E-state index in [9.17, 15) is 14.5 Å². The topological polar surface area (TPSA) is 160 Å². The summed E-state index contributed by atoms with van der Waals surface area (Å²) < 4.78 is 38.0. The Bertz CT molecular complexity index is 1320. The number of carbonyl (C=O) groups is 1. The highest BCUT2D eigenvalue weighted by molar-refractivity contribution is 7.52. The number of ether oxygens (including phenoxy) is 2. The molecule has 1 fully saturated rings. The van der Waals surface area contributed by atoms with Gasteiger partial charge in [0.1, 0.15) is 46.7 Å². The van der Waals surface area contributed by atoms with E-state index in [1.54, 1.807) is 67.9 Å². The number of nitrogens with one attached hydrogen (secondary N) is 1. The van der Waals surface area contributed by atoms with Crippen LogP contribution in [0.2, 0.25) is 0 Å². The van der Waals surface area contributed by atoms with Crippen molar-refractivity contribution in [2.45, 2.75) is 63.2 Å². The summed E-state index contributed by atoms with van der Waals surface area (Å²) >= 11 is 6.76. The number of nitrogen functional groups attached to an aromatic ring is 1. The van der Waals surface area contributed by atoms with Crippen molar-refractivity contribution in [2.75, 3.05) is 12.3 Å². The second-order valence-corrected chi connectivity index (χ2v) is 11.9. The molecule has 1 aliphatic rings. The molecule has 0 spiro atoms. The molecule has 4 rings (SSSR count). The van der Waals surface area contributed by atoms with Gasteiger partial charge < -0.3 is 29.4 Å². The summed E-state index contributed by atoms with van der Waals surface area (Å²) in [5.74, 6) is -0.0952. The number of halogens is 1. The van der Waals surface area contributed by atoms with Crippen LogP contribution in [0, 0.1) is 0 Å². The third kappa shape index (κ3) is 5.96. The monoisotopic (exact) mass is 567 g/mol. The Labute approximate surface area is 225 Å². The zero-order chi connectivity index (χ0) is 27.7. The van der Waals surface area contributed by atoms with Gasteiger partial charge >= 0.3 is 13.7 Å². The van der Waals surface area contributed by atoms with Gasteiger partial charge in [-0.15, -0.1) is 11.6 Å². The van der Waals surface area contributed by atoms with Crippen LogP contribution in [0.3, 0.4) is 0 Å². The number of hydrogen-bond acceptors (Lipinski definition) is 10. The molecule has 14 heteroatoms. The van der Waals surface area contributed by atoms with Crippen molar-refractivity contribution in [2.24, 2.45) is 0 Å². The number of anilines is 1. The van der Waals surface area contributed by atoms with Crippen molar-refractivity contribution in [3.8, 4) is 5.75 Å². The van der Waals surface area contributed by atoms with E-state index in [-0.39, 0.29) is 18.5 Å². The number of para-hydroxylation sites is 1. The van der Waals surface area contributed by atoms with E-state index in [2.05, 4.69) is 15.1 Å². The zero-order valence-corrected chi connectivity index (χ0v) is 23.0. The Hall–Kier alpha value is -2.73. The third-order valence-corrected chi connectivity index (χ3v) is 8.00. The van der Waals surface area contributed by atoms with Gasteiger partial charge in [-0.25, -0.2) is 14.5 Å². The number of aliphatic hydroxyl groups is 1. The van der Waals surface area contributed by atoms with E-state index < -0.39 is 43.1 Å². The van der Waals surface area contributed by atoms with Gasteiger partial charge in [0, 0.05) is 6.20 Å². The molecule has 3 heterocycles. The molecule has 0 radical (unpaired) electrons. The van der Waals surface area contributed by atoms with Gasteiger partial charge in [0.15, 0.2) is 6.23 Å². The summed E-state index contributed by atoms with van der Waals surface area (Å²) in [6, 6.07) is 9.04. The van der Waals surface area contributed by atoms with Crippen molar-refractivity contribution in [1.82, 2.24) is 19.6 Å². The Morgan fingerprint density at radius 3 is 2.68 bits per heavy atom. The highest BCUT2D eigenvalue weighted by Crippen LogP contribution is 2.48. The second kappa shape index (κ2) is 11.2. The molecule has 12 nitrogen and oxygen atoms in total. The molecule has 0 bridgehead atoms. The van der Waals surface area contributed by atoms with Crippen molar-refractivity contribution >= 4 is 42.2 Å². The number of rotatable bonds is 10. The number of fused-ring (bicyclic) bond motifs is 1. The standard InChI is InChI=1S/C24H31ClN5O7P/c1-14(2)35-22(32)15(3)29-38(33,37-16-8-6-5-7-9-16)34-12-18-19(31)24(4,25)23(36-18)30-11-10-17-20(26)27-13-28-21(17)30/h5-11,13-15,18-19,23,31H,12H2,1-4H3,(H,29,33)(H2,26,27,28)/t15-,18-,19-,23?,24-,38-/m1/s1. The minimum Gasteiger partial charge on any atom is -0.462 e. The fourth-order valence-corrected chi connectivity index (χ4v) is 5.84. The molecule has 0 aliphatic carbocycles. The van der Waals surface area contributed by atoms with Gasteiger partial charge in [-0.3, -0.25) is 9.32 Å². The Balaban J connectivity index is 1.54. The molecule has 1 unspecified atom stereocenters. The lowest BCUT2D eigenvalue weighted by molar-refractivity contribution is -0.149. The molecule has 206 valence electrons. The lowest BCUT2D eigenvalue weighted by Crippen LogP contribution is -2.40. The summed E-state index contributed by atoms with van der Waals surface area (Å²) in [6.07, 6.45) is -0.482. The molecule has 0 saturated carbocycles. The average molecular weight is 568 g/mol. The van der Waals surface area contributed by atoms with E-state index in [1.807, 2.05) is 0 Å². The normalized spacial score (nSPS) is 25.8. The van der Waals surface area contributed by atoms with Crippen LogP contribution in [-0.2, 0) is 23.4 Å². The minimum atomic E-state index is -4.17. The molecule has 1 aliphatic heterocycles. The van der Waals surface area contributed by atoms with Gasteiger partial charge in [-0.1, -0.05) is 18.2 Å². The highest BCUT2D eigenvalue weighted by atomic mass is 35.5. The number of carbonyl (C=O) groups excluding carboxylic acids is 1. The van der Waals surface area contributed by atoms with Crippen LogP contribution in [0.5, 0.6) is 5.75 Å². The Morgan fingerprint density at radius 1 is 1.29 bits per heavy atom. The fourth-order valence-electron chi connectivity index (χ4n) is 4.04. The molecule has 3 aromatic rings. The van der Waals surface area contributed by atoms with Crippen LogP contribution < -0.4 is 15.3 Å². The lowest BCUT2D eigenvalue weighted by atomic mass is 10.0. The van der Waals surface area contributed by atoms with Crippen LogP contribution >= 0.6 is 19.3 Å².